The highest BCUT2D eigenvalue weighted by molar-refractivity contribution is 7.99. The third-order valence-corrected chi connectivity index (χ3v) is 4.13. The summed E-state index contributed by atoms with van der Waals surface area (Å²) in [6, 6.07) is 14.6. The van der Waals surface area contributed by atoms with E-state index in [1.54, 1.807) is 23.9 Å². The minimum absolute atomic E-state index is 0.111. The van der Waals surface area contributed by atoms with E-state index in [9.17, 15) is 4.39 Å². The van der Waals surface area contributed by atoms with Gasteiger partial charge in [-0.05, 0) is 42.9 Å². The van der Waals surface area contributed by atoms with Gasteiger partial charge in [-0.2, -0.15) is 0 Å². The number of nitrogens with one attached hydrogen (secondary N) is 1. The maximum absolute atomic E-state index is 13.2. The van der Waals surface area contributed by atoms with Gasteiger partial charge in [-0.25, -0.2) is 4.39 Å². The summed E-state index contributed by atoms with van der Waals surface area (Å²) in [5, 5.41) is 3.94. The fourth-order valence-corrected chi connectivity index (χ4v) is 3.16. The van der Waals surface area contributed by atoms with Crippen molar-refractivity contribution in [1.29, 1.82) is 0 Å². The average molecular weight is 296 g/mol. The second-order valence-electron chi connectivity index (χ2n) is 4.16. The summed E-state index contributed by atoms with van der Waals surface area (Å²) >= 11 is 7.65. The molecule has 0 aliphatic heterocycles. The molecule has 1 atom stereocenters. The van der Waals surface area contributed by atoms with Crippen LogP contribution in [-0.2, 0) is 0 Å². The number of hydrogen-bond donors (Lipinski definition) is 1. The average Bonchev–Trinajstić information content (AvgIpc) is 2.40. The van der Waals surface area contributed by atoms with Gasteiger partial charge in [-0.15, -0.1) is 11.8 Å². The lowest BCUT2D eigenvalue weighted by Crippen LogP contribution is -2.18. The summed E-state index contributed by atoms with van der Waals surface area (Å²) in [6.45, 7) is 0. The highest BCUT2D eigenvalue weighted by Gasteiger charge is 2.10. The second kappa shape index (κ2) is 6.94. The molecule has 0 saturated heterocycles. The molecule has 0 bridgehead atoms. The first kappa shape index (κ1) is 14.4. The summed E-state index contributed by atoms with van der Waals surface area (Å²) in [4.78, 5) is 1.11. The number of halogens is 2. The molecule has 0 spiro atoms. The lowest BCUT2D eigenvalue weighted by Gasteiger charge is -2.16. The predicted octanol–water partition coefficient (Wildman–Crippen LogP) is 4.53. The van der Waals surface area contributed by atoms with Gasteiger partial charge < -0.3 is 5.32 Å². The van der Waals surface area contributed by atoms with Gasteiger partial charge in [0.25, 0.3) is 0 Å². The number of rotatable bonds is 5. The molecule has 19 heavy (non-hydrogen) atoms. The Morgan fingerprint density at radius 3 is 2.68 bits per heavy atom. The Hall–Kier alpha value is -1.03. The Morgan fingerprint density at radius 2 is 2.00 bits per heavy atom. The molecule has 0 radical (unpaired) electrons. The Balaban J connectivity index is 2.04. The van der Waals surface area contributed by atoms with E-state index < -0.39 is 0 Å². The van der Waals surface area contributed by atoms with Crippen molar-refractivity contribution < 1.29 is 4.39 Å². The van der Waals surface area contributed by atoms with Crippen LogP contribution >= 0.6 is 23.4 Å². The van der Waals surface area contributed by atoms with Crippen LogP contribution in [-0.4, -0.2) is 12.8 Å². The Morgan fingerprint density at radius 1 is 1.21 bits per heavy atom. The van der Waals surface area contributed by atoms with Gasteiger partial charge in [-0.1, -0.05) is 29.8 Å². The van der Waals surface area contributed by atoms with Crippen LogP contribution in [0.1, 0.15) is 11.6 Å². The van der Waals surface area contributed by atoms with Gasteiger partial charge in [0.15, 0.2) is 0 Å². The number of thioether (sulfide) groups is 1. The van der Waals surface area contributed by atoms with Crippen molar-refractivity contribution in [2.24, 2.45) is 0 Å². The number of benzene rings is 2. The number of hydrogen-bond acceptors (Lipinski definition) is 2. The van der Waals surface area contributed by atoms with Crippen molar-refractivity contribution >= 4 is 23.4 Å². The fraction of sp³-hybridized carbons (Fsp3) is 0.200. The molecular formula is C15H15ClFNS. The van der Waals surface area contributed by atoms with Gasteiger partial charge in [0.2, 0.25) is 0 Å². The van der Waals surface area contributed by atoms with Crippen LogP contribution in [0, 0.1) is 5.82 Å². The van der Waals surface area contributed by atoms with E-state index in [0.717, 1.165) is 21.2 Å². The zero-order valence-electron chi connectivity index (χ0n) is 10.6. The van der Waals surface area contributed by atoms with Crippen LogP contribution in [0.15, 0.2) is 53.4 Å². The maximum Gasteiger partial charge on any atom is 0.123 e. The maximum atomic E-state index is 13.2. The van der Waals surface area contributed by atoms with Crippen LogP contribution in [0.2, 0.25) is 5.02 Å². The van der Waals surface area contributed by atoms with Crippen molar-refractivity contribution in [3.05, 3.63) is 64.9 Å². The quantitative estimate of drug-likeness (QED) is 0.813. The first-order valence-electron chi connectivity index (χ1n) is 6.00. The molecule has 1 unspecified atom stereocenters. The first-order valence-corrected chi connectivity index (χ1v) is 7.36. The standard InChI is InChI=1S/C15H15ClFNS/c1-18-15(11-4-2-6-13(17)8-11)10-19-14-7-3-5-12(16)9-14/h2-9,15,18H,10H2,1H3. The molecule has 4 heteroatoms. The van der Waals surface area contributed by atoms with E-state index in [0.29, 0.717) is 0 Å². The summed E-state index contributed by atoms with van der Waals surface area (Å²) in [5.41, 5.74) is 0.956. The third kappa shape index (κ3) is 4.23. The van der Waals surface area contributed by atoms with E-state index in [4.69, 9.17) is 11.6 Å². The summed E-state index contributed by atoms with van der Waals surface area (Å²) in [7, 11) is 1.88. The zero-order valence-corrected chi connectivity index (χ0v) is 12.1. The fourth-order valence-electron chi connectivity index (χ4n) is 1.81. The van der Waals surface area contributed by atoms with Crippen LogP contribution < -0.4 is 5.32 Å². The highest BCUT2D eigenvalue weighted by Crippen LogP contribution is 2.26. The molecule has 0 fully saturated rings. The highest BCUT2D eigenvalue weighted by atomic mass is 35.5. The molecule has 0 heterocycles. The normalized spacial score (nSPS) is 12.4. The van der Waals surface area contributed by atoms with Gasteiger partial charge in [0, 0.05) is 21.7 Å². The first-order chi connectivity index (χ1) is 9.19. The van der Waals surface area contributed by atoms with E-state index in [2.05, 4.69) is 5.32 Å². The molecule has 0 aliphatic rings. The Bertz CT molecular complexity index is 547. The van der Waals surface area contributed by atoms with E-state index >= 15 is 0 Å². The molecule has 0 saturated carbocycles. The van der Waals surface area contributed by atoms with Crippen LogP contribution in [0.5, 0.6) is 0 Å². The Labute approximate surface area is 122 Å². The summed E-state index contributed by atoms with van der Waals surface area (Å²) < 4.78 is 13.2. The minimum Gasteiger partial charge on any atom is -0.312 e. The molecule has 0 aromatic heterocycles. The van der Waals surface area contributed by atoms with Crippen molar-refractivity contribution in [2.75, 3.05) is 12.8 Å². The molecular weight excluding hydrogens is 281 g/mol. The van der Waals surface area contributed by atoms with Crippen LogP contribution in [0.3, 0.4) is 0 Å². The van der Waals surface area contributed by atoms with Gasteiger partial charge in [0.1, 0.15) is 5.82 Å². The third-order valence-electron chi connectivity index (χ3n) is 2.81. The molecule has 1 N–H and O–H groups in total. The van der Waals surface area contributed by atoms with Gasteiger partial charge >= 0.3 is 0 Å². The van der Waals surface area contributed by atoms with Crippen LogP contribution in [0.25, 0.3) is 0 Å². The Kier molecular flexibility index (Phi) is 5.25. The van der Waals surface area contributed by atoms with E-state index in [-0.39, 0.29) is 11.9 Å². The smallest absolute Gasteiger partial charge is 0.123 e. The topological polar surface area (TPSA) is 12.0 Å². The van der Waals surface area contributed by atoms with Crippen LogP contribution in [0.4, 0.5) is 4.39 Å². The largest absolute Gasteiger partial charge is 0.312 e. The van der Waals surface area contributed by atoms with E-state index in [1.165, 1.54) is 6.07 Å². The molecule has 0 aliphatic carbocycles. The van der Waals surface area contributed by atoms with Crippen molar-refractivity contribution in [2.45, 2.75) is 10.9 Å². The van der Waals surface area contributed by atoms with Crippen molar-refractivity contribution in [1.82, 2.24) is 5.32 Å². The predicted molar refractivity (Wildman–Crippen MR) is 80.4 cm³/mol. The molecule has 2 aromatic carbocycles. The van der Waals surface area contributed by atoms with Crippen molar-refractivity contribution in [3.63, 3.8) is 0 Å². The zero-order chi connectivity index (χ0) is 13.7. The van der Waals surface area contributed by atoms with Crippen molar-refractivity contribution in [3.8, 4) is 0 Å². The molecule has 2 rings (SSSR count). The summed E-state index contributed by atoms with van der Waals surface area (Å²) in [5.74, 6) is 0.617. The second-order valence-corrected chi connectivity index (χ2v) is 5.69. The molecule has 100 valence electrons. The lowest BCUT2D eigenvalue weighted by molar-refractivity contribution is 0.611. The SMILES string of the molecule is CNC(CSc1cccc(Cl)c1)c1cccc(F)c1. The van der Waals surface area contributed by atoms with Gasteiger partial charge in [0.05, 0.1) is 0 Å². The molecule has 0 amide bonds. The molecule has 2 aromatic rings. The monoisotopic (exact) mass is 295 g/mol. The lowest BCUT2D eigenvalue weighted by atomic mass is 10.1. The van der Waals surface area contributed by atoms with Gasteiger partial charge in [-0.3, -0.25) is 0 Å². The summed E-state index contributed by atoms with van der Waals surface area (Å²) in [6.07, 6.45) is 0. The van der Waals surface area contributed by atoms with E-state index in [1.807, 2.05) is 37.4 Å². The molecule has 1 nitrogen and oxygen atoms in total. The minimum atomic E-state index is -0.203.